The Morgan fingerprint density at radius 3 is 1.20 bits per heavy atom. The monoisotopic (exact) mass is 1160 g/mol. The van der Waals surface area contributed by atoms with E-state index in [9.17, 15) is 19.2 Å². The normalized spacial score (nSPS) is 12.3. The number of benzene rings is 1. The van der Waals surface area contributed by atoms with E-state index in [1.165, 1.54) is 82.6 Å². The van der Waals surface area contributed by atoms with Crippen molar-refractivity contribution in [2.75, 3.05) is 72.3 Å². The minimum absolute atomic E-state index is 0.163. The van der Waals surface area contributed by atoms with E-state index in [-0.39, 0.29) is 37.4 Å². The van der Waals surface area contributed by atoms with Gasteiger partial charge in [-0.1, -0.05) is 194 Å². The molecule has 0 aliphatic rings. The van der Waals surface area contributed by atoms with Crippen molar-refractivity contribution in [2.24, 2.45) is 11.8 Å². The maximum Gasteiger partial charge on any atom is 0.508 e. The summed E-state index contributed by atoms with van der Waals surface area (Å²) in [6, 6.07) is 10.3. The summed E-state index contributed by atoms with van der Waals surface area (Å²) in [6.07, 6.45) is 33.2. The lowest BCUT2D eigenvalue weighted by Gasteiger charge is -2.27. The van der Waals surface area contributed by atoms with E-state index in [1.54, 1.807) is 0 Å². The first-order valence-electron chi connectivity index (χ1n) is 34.1. The molecule has 2 unspecified atom stereocenters. The number of hydrogen-bond acceptors (Lipinski definition) is 13. The van der Waals surface area contributed by atoms with E-state index in [0.717, 1.165) is 136 Å². The Hall–Kier alpha value is -3.42. The number of carbonyl (C=O) groups is 4. The van der Waals surface area contributed by atoms with E-state index >= 15 is 0 Å². The van der Waals surface area contributed by atoms with Gasteiger partial charge in [0.15, 0.2) is 0 Å². The summed E-state index contributed by atoms with van der Waals surface area (Å²) in [7, 11) is 0. The highest BCUT2D eigenvalue weighted by Crippen LogP contribution is 2.22. The predicted molar refractivity (Wildman–Crippen MR) is 336 cm³/mol. The number of nitrogens with zero attached hydrogens (tertiary/aromatic N) is 2. The van der Waals surface area contributed by atoms with Gasteiger partial charge in [-0.25, -0.2) is 9.59 Å². The highest BCUT2D eigenvalue weighted by Gasteiger charge is 2.21. The maximum atomic E-state index is 13.2. The Morgan fingerprint density at radius 1 is 0.378 bits per heavy atom. The topological polar surface area (TPSA) is 139 Å². The van der Waals surface area contributed by atoms with Crippen LogP contribution in [0, 0.1) is 11.8 Å². The molecular weight excluding hydrogens is 1030 g/mol. The second kappa shape index (κ2) is 56.7. The number of likely N-dealkylation sites (N-methyl/N-ethyl adjacent to an activating group) is 1. The zero-order valence-electron chi connectivity index (χ0n) is 54.0. The summed E-state index contributed by atoms with van der Waals surface area (Å²) in [5.41, 5.74) is 1.19. The number of esters is 2. The third kappa shape index (κ3) is 46.9. The van der Waals surface area contributed by atoms with Crippen LogP contribution >= 0.6 is 0 Å². The molecule has 1 aromatic carbocycles. The highest BCUT2D eigenvalue weighted by atomic mass is 16.7. The van der Waals surface area contributed by atoms with E-state index in [2.05, 4.69) is 70.4 Å². The quantitative estimate of drug-likeness (QED) is 0.0348. The van der Waals surface area contributed by atoms with E-state index < -0.39 is 12.3 Å². The Bertz CT molecular complexity index is 1500. The van der Waals surface area contributed by atoms with Crippen molar-refractivity contribution in [3.8, 4) is 0 Å². The molecule has 82 heavy (non-hydrogen) atoms. The molecule has 1 aromatic rings. The van der Waals surface area contributed by atoms with Crippen LogP contribution in [0.1, 0.15) is 285 Å². The van der Waals surface area contributed by atoms with Crippen LogP contribution in [0.2, 0.25) is 0 Å². The van der Waals surface area contributed by atoms with Gasteiger partial charge in [0.1, 0.15) is 12.2 Å². The Kier molecular flexibility index (Phi) is 53.0. The average molecular weight is 1160 g/mol. The first-order valence-corrected chi connectivity index (χ1v) is 34.1. The second-order valence-corrected chi connectivity index (χ2v) is 23.5. The lowest BCUT2D eigenvalue weighted by atomic mass is 9.96. The summed E-state index contributed by atoms with van der Waals surface area (Å²) in [5, 5.41) is 0. The van der Waals surface area contributed by atoms with Crippen molar-refractivity contribution < 1.29 is 52.3 Å². The van der Waals surface area contributed by atoms with Gasteiger partial charge in [0.2, 0.25) is 0 Å². The minimum atomic E-state index is -0.656. The average Bonchev–Trinajstić information content (AvgIpc) is 3.47. The number of rotatable bonds is 59. The van der Waals surface area contributed by atoms with Gasteiger partial charge in [0.05, 0.1) is 33.0 Å². The molecule has 2 atom stereocenters. The second-order valence-electron chi connectivity index (χ2n) is 23.5. The molecule has 0 aromatic heterocycles. The molecule has 0 aliphatic heterocycles. The van der Waals surface area contributed by atoms with Crippen molar-refractivity contribution in [3.05, 3.63) is 35.9 Å². The molecule has 0 saturated carbocycles. The van der Waals surface area contributed by atoms with Crippen LogP contribution in [0.3, 0.4) is 0 Å². The van der Waals surface area contributed by atoms with E-state index in [4.69, 9.17) is 33.2 Å². The molecule has 0 bridgehead atoms. The van der Waals surface area contributed by atoms with E-state index in [0.29, 0.717) is 96.1 Å². The van der Waals surface area contributed by atoms with Crippen molar-refractivity contribution in [1.29, 1.82) is 0 Å². The van der Waals surface area contributed by atoms with Crippen LogP contribution in [0.4, 0.5) is 9.59 Å². The molecule has 13 heteroatoms. The van der Waals surface area contributed by atoms with Gasteiger partial charge in [-0.05, 0) is 133 Å². The van der Waals surface area contributed by atoms with Gasteiger partial charge in [-0.15, -0.1) is 0 Å². The van der Waals surface area contributed by atoms with Crippen LogP contribution in [-0.4, -0.2) is 119 Å². The van der Waals surface area contributed by atoms with Crippen LogP contribution < -0.4 is 0 Å². The van der Waals surface area contributed by atoms with Crippen LogP contribution in [0.15, 0.2) is 30.3 Å². The summed E-state index contributed by atoms with van der Waals surface area (Å²) in [5.74, 6) is 0.525. The summed E-state index contributed by atoms with van der Waals surface area (Å²) < 4.78 is 40.8. The number of hydrogen-bond donors (Lipinski definition) is 0. The van der Waals surface area contributed by atoms with Gasteiger partial charge in [0, 0.05) is 45.6 Å². The zero-order valence-corrected chi connectivity index (χ0v) is 54.0. The summed E-state index contributed by atoms with van der Waals surface area (Å²) in [4.78, 5) is 56.9. The van der Waals surface area contributed by atoms with Crippen LogP contribution in [0.5, 0.6) is 0 Å². The molecule has 1 rings (SSSR count). The Morgan fingerprint density at radius 2 is 0.768 bits per heavy atom. The number of carbonyl (C=O) groups excluding carboxylic acids is 4. The summed E-state index contributed by atoms with van der Waals surface area (Å²) >= 11 is 0. The molecule has 478 valence electrons. The lowest BCUT2D eigenvalue weighted by Crippen LogP contribution is -2.37. The SMILES string of the molecule is CCCCCCC(CCCC(=O)OCC(CCCCC)CCCCC)OC(=O)OCCCN(CCCOC(=O)OC(CCCCCC)CCCC(=O)OCC(CCCCC)CCCCC)CCN(CC)CCCCOCc1ccccc1. The Labute approximate surface area is 502 Å². The number of ether oxygens (including phenoxy) is 7. The molecule has 0 radical (unpaired) electrons. The van der Waals surface area contributed by atoms with E-state index in [1.807, 2.05) is 18.2 Å². The fraction of sp³-hybridized carbons (Fsp3) is 0.855. The fourth-order valence-corrected chi connectivity index (χ4v) is 10.6. The van der Waals surface area contributed by atoms with Crippen LogP contribution in [-0.2, 0) is 49.4 Å². The third-order valence-corrected chi connectivity index (χ3v) is 15.9. The first kappa shape index (κ1) is 76.6. The molecule has 0 aliphatic carbocycles. The molecule has 0 heterocycles. The minimum Gasteiger partial charge on any atom is -0.465 e. The maximum absolute atomic E-state index is 13.2. The predicted octanol–water partition coefficient (Wildman–Crippen LogP) is 18.4. The molecule has 13 nitrogen and oxygen atoms in total. The fourth-order valence-electron chi connectivity index (χ4n) is 10.6. The molecule has 0 saturated heterocycles. The van der Waals surface area contributed by atoms with Gasteiger partial charge in [-0.3, -0.25) is 9.59 Å². The largest absolute Gasteiger partial charge is 0.508 e. The Balaban J connectivity index is 2.84. The third-order valence-electron chi connectivity index (χ3n) is 15.9. The van der Waals surface area contributed by atoms with Crippen LogP contribution in [0.25, 0.3) is 0 Å². The van der Waals surface area contributed by atoms with Crippen molar-refractivity contribution in [2.45, 2.75) is 298 Å². The summed E-state index contributed by atoms with van der Waals surface area (Å²) in [6.45, 7) is 23.2. The van der Waals surface area contributed by atoms with Crippen molar-refractivity contribution >= 4 is 24.2 Å². The molecule has 0 amide bonds. The van der Waals surface area contributed by atoms with Gasteiger partial charge >= 0.3 is 24.2 Å². The van der Waals surface area contributed by atoms with Gasteiger partial charge in [-0.2, -0.15) is 0 Å². The number of unbranched alkanes of at least 4 members (excludes halogenated alkanes) is 15. The molecule has 0 spiro atoms. The van der Waals surface area contributed by atoms with Crippen molar-refractivity contribution in [1.82, 2.24) is 9.80 Å². The first-order chi connectivity index (χ1) is 40.1. The molecule has 0 N–H and O–H groups in total. The van der Waals surface area contributed by atoms with Crippen molar-refractivity contribution in [3.63, 3.8) is 0 Å². The smallest absolute Gasteiger partial charge is 0.465 e. The van der Waals surface area contributed by atoms with Gasteiger partial charge in [0.25, 0.3) is 0 Å². The van der Waals surface area contributed by atoms with Gasteiger partial charge < -0.3 is 43.0 Å². The standard InChI is InChI=1S/C69H126N2O11/c1-8-15-21-30-44-64(46-34-48-66(72)79-59-62(38-24-17-10-3)39-25-18-11-4)81-68(74)77-56-36-51-71(54-53-70(14-7)50-32-33-55-76-58-61-42-28-23-29-43-61)52-37-57-78-69(75)82-65(45-31-22-16-9-2)47-35-49-67(73)80-60-63(40-26-19-12-5)41-27-20-13-6/h23,28-29,42-43,62-65H,8-22,24-27,30-41,44-60H2,1-7H3. The lowest BCUT2D eigenvalue weighted by molar-refractivity contribution is -0.146. The highest BCUT2D eigenvalue weighted by molar-refractivity contribution is 5.69. The molecule has 0 fully saturated rings. The molecular formula is C69H126N2O11. The zero-order chi connectivity index (χ0) is 59.8.